The van der Waals surface area contributed by atoms with Crippen LogP contribution in [0.5, 0.6) is 11.5 Å². The first-order valence-electron chi connectivity index (χ1n) is 9.18. The molecule has 1 amide bonds. The minimum Gasteiger partial charge on any atom is -0.490 e. The number of nitrogens with one attached hydrogen (secondary N) is 1. The zero-order valence-corrected chi connectivity index (χ0v) is 15.6. The Kier molecular flexibility index (Phi) is 6.41. The molecule has 5 nitrogen and oxygen atoms in total. The second kappa shape index (κ2) is 8.98. The van der Waals surface area contributed by atoms with Crippen molar-refractivity contribution >= 4 is 11.7 Å². The molecule has 3 rings (SSSR count). The minimum absolute atomic E-state index is 0.0198. The van der Waals surface area contributed by atoms with Crippen LogP contribution in [0.3, 0.4) is 0 Å². The largest absolute Gasteiger partial charge is 0.490 e. The third kappa shape index (κ3) is 5.73. The average molecular weight is 407 g/mol. The summed E-state index contributed by atoms with van der Waals surface area (Å²) in [6.07, 6.45) is -3.76. The number of halogens is 3. The summed E-state index contributed by atoms with van der Waals surface area (Å²) in [5, 5.41) is 2.54. The Hall–Kier alpha value is -3.03. The molecule has 0 aliphatic carbocycles. The summed E-state index contributed by atoms with van der Waals surface area (Å²) in [6, 6.07) is 9.64. The van der Waals surface area contributed by atoms with Crippen LogP contribution in [0.4, 0.5) is 13.2 Å². The van der Waals surface area contributed by atoms with Crippen LogP contribution < -0.4 is 14.8 Å². The van der Waals surface area contributed by atoms with Crippen molar-refractivity contribution in [3.05, 3.63) is 59.2 Å². The van der Waals surface area contributed by atoms with Gasteiger partial charge in [0.1, 0.15) is 0 Å². The number of carbonyl (C=O) groups excluding carboxylic acids is 2. The Balaban J connectivity index is 1.51. The van der Waals surface area contributed by atoms with Crippen LogP contribution in [0.2, 0.25) is 0 Å². The fourth-order valence-corrected chi connectivity index (χ4v) is 2.85. The molecular weight excluding hydrogens is 387 g/mol. The van der Waals surface area contributed by atoms with E-state index in [0.29, 0.717) is 35.8 Å². The molecule has 0 atom stereocenters. The molecule has 0 spiro atoms. The molecule has 0 radical (unpaired) electrons. The Labute approximate surface area is 165 Å². The zero-order valence-electron chi connectivity index (χ0n) is 15.6. The molecule has 29 heavy (non-hydrogen) atoms. The minimum atomic E-state index is -4.44. The highest BCUT2D eigenvalue weighted by atomic mass is 19.4. The third-order valence-corrected chi connectivity index (χ3v) is 4.39. The van der Waals surface area contributed by atoms with Crippen molar-refractivity contribution in [2.75, 3.05) is 13.2 Å². The molecule has 154 valence electrons. The fourth-order valence-electron chi connectivity index (χ4n) is 2.85. The second-order valence-electron chi connectivity index (χ2n) is 6.61. The topological polar surface area (TPSA) is 64.6 Å². The van der Waals surface area contributed by atoms with E-state index in [-0.39, 0.29) is 25.2 Å². The van der Waals surface area contributed by atoms with Crippen molar-refractivity contribution in [3.63, 3.8) is 0 Å². The normalized spacial score (nSPS) is 13.5. The van der Waals surface area contributed by atoms with E-state index < -0.39 is 17.6 Å². The van der Waals surface area contributed by atoms with Gasteiger partial charge in [0.15, 0.2) is 17.3 Å². The van der Waals surface area contributed by atoms with Gasteiger partial charge in [-0.2, -0.15) is 13.2 Å². The summed E-state index contributed by atoms with van der Waals surface area (Å²) >= 11 is 0. The van der Waals surface area contributed by atoms with Gasteiger partial charge in [-0.15, -0.1) is 0 Å². The zero-order chi connectivity index (χ0) is 20.9. The highest BCUT2D eigenvalue weighted by molar-refractivity contribution is 5.98. The lowest BCUT2D eigenvalue weighted by atomic mass is 10.1. The first-order chi connectivity index (χ1) is 13.8. The van der Waals surface area contributed by atoms with Gasteiger partial charge in [0, 0.05) is 31.4 Å². The summed E-state index contributed by atoms with van der Waals surface area (Å²) in [6.45, 7) is 1.01. The number of ether oxygens (including phenoxy) is 2. The van der Waals surface area contributed by atoms with E-state index in [1.807, 2.05) is 0 Å². The van der Waals surface area contributed by atoms with Crippen molar-refractivity contribution < 1.29 is 32.2 Å². The van der Waals surface area contributed by atoms with Crippen LogP contribution in [0.15, 0.2) is 42.5 Å². The monoisotopic (exact) mass is 407 g/mol. The number of benzene rings is 2. The molecule has 2 aromatic rings. The molecule has 1 heterocycles. The average Bonchev–Trinajstić information content (AvgIpc) is 2.95. The van der Waals surface area contributed by atoms with E-state index in [1.54, 1.807) is 18.2 Å². The molecule has 1 N–H and O–H groups in total. The molecular formula is C21H20F3NO4. The molecule has 0 bridgehead atoms. The first kappa shape index (κ1) is 20.7. The van der Waals surface area contributed by atoms with E-state index in [2.05, 4.69) is 5.32 Å². The van der Waals surface area contributed by atoms with E-state index in [4.69, 9.17) is 9.47 Å². The van der Waals surface area contributed by atoms with Crippen molar-refractivity contribution in [2.45, 2.75) is 32.0 Å². The Morgan fingerprint density at radius 2 is 1.72 bits per heavy atom. The summed E-state index contributed by atoms with van der Waals surface area (Å²) in [7, 11) is 0. The molecule has 1 aliphatic rings. The van der Waals surface area contributed by atoms with E-state index in [9.17, 15) is 22.8 Å². The van der Waals surface area contributed by atoms with Gasteiger partial charge < -0.3 is 14.8 Å². The number of ketones is 1. The van der Waals surface area contributed by atoms with Crippen molar-refractivity contribution in [1.29, 1.82) is 0 Å². The van der Waals surface area contributed by atoms with Crippen LogP contribution in [0.1, 0.15) is 40.7 Å². The van der Waals surface area contributed by atoms with Gasteiger partial charge in [0.2, 0.25) is 5.91 Å². The third-order valence-electron chi connectivity index (χ3n) is 4.39. The summed E-state index contributed by atoms with van der Waals surface area (Å²) in [5.74, 6) is 0.445. The van der Waals surface area contributed by atoms with Gasteiger partial charge in [-0.25, -0.2) is 0 Å². The van der Waals surface area contributed by atoms with Crippen LogP contribution in [0, 0.1) is 0 Å². The number of amides is 1. The van der Waals surface area contributed by atoms with E-state index in [1.165, 1.54) is 12.1 Å². The highest BCUT2D eigenvalue weighted by Gasteiger charge is 2.30. The number of fused-ring (bicyclic) bond motifs is 1. The number of carbonyl (C=O) groups is 2. The lowest BCUT2D eigenvalue weighted by Crippen LogP contribution is -2.23. The SMILES string of the molecule is O=C(CCC(=O)c1ccc2c(c1)OCCCO2)NCc1cccc(C(F)(F)F)c1. The number of hydrogen-bond acceptors (Lipinski definition) is 4. The van der Waals surface area contributed by atoms with Crippen molar-refractivity contribution in [3.8, 4) is 11.5 Å². The summed E-state index contributed by atoms with van der Waals surface area (Å²) < 4.78 is 49.2. The lowest BCUT2D eigenvalue weighted by molar-refractivity contribution is -0.137. The van der Waals surface area contributed by atoms with Crippen LogP contribution in [-0.2, 0) is 17.5 Å². The van der Waals surface area contributed by atoms with E-state index >= 15 is 0 Å². The second-order valence-corrected chi connectivity index (χ2v) is 6.61. The Bertz CT molecular complexity index is 896. The van der Waals surface area contributed by atoms with Gasteiger partial charge in [0.25, 0.3) is 0 Å². The van der Waals surface area contributed by atoms with Gasteiger partial charge in [0.05, 0.1) is 18.8 Å². The molecule has 8 heteroatoms. The maximum atomic E-state index is 12.7. The van der Waals surface area contributed by atoms with Crippen molar-refractivity contribution in [1.82, 2.24) is 5.32 Å². The predicted molar refractivity (Wildman–Crippen MR) is 98.9 cm³/mol. The Morgan fingerprint density at radius 3 is 2.48 bits per heavy atom. The fraction of sp³-hybridized carbons (Fsp3) is 0.333. The van der Waals surface area contributed by atoms with Gasteiger partial charge >= 0.3 is 6.18 Å². The van der Waals surface area contributed by atoms with E-state index in [0.717, 1.165) is 18.6 Å². The van der Waals surface area contributed by atoms with Gasteiger partial charge in [-0.05, 0) is 35.9 Å². The van der Waals surface area contributed by atoms with Crippen LogP contribution in [0.25, 0.3) is 0 Å². The Morgan fingerprint density at radius 1 is 0.966 bits per heavy atom. The maximum Gasteiger partial charge on any atom is 0.416 e. The summed E-state index contributed by atoms with van der Waals surface area (Å²) in [5.41, 5.74) is -0.0174. The number of rotatable bonds is 6. The number of hydrogen-bond donors (Lipinski definition) is 1. The highest BCUT2D eigenvalue weighted by Crippen LogP contribution is 2.31. The van der Waals surface area contributed by atoms with Crippen molar-refractivity contribution in [2.24, 2.45) is 0 Å². The molecule has 0 aromatic heterocycles. The quantitative estimate of drug-likeness (QED) is 0.731. The molecule has 0 saturated heterocycles. The molecule has 0 saturated carbocycles. The van der Waals surface area contributed by atoms with Crippen LogP contribution >= 0.6 is 0 Å². The predicted octanol–water partition coefficient (Wildman–Crippen LogP) is 4.15. The molecule has 2 aromatic carbocycles. The maximum absolute atomic E-state index is 12.7. The van der Waals surface area contributed by atoms with Gasteiger partial charge in [-0.3, -0.25) is 9.59 Å². The molecule has 0 unspecified atom stereocenters. The molecule has 0 fully saturated rings. The lowest BCUT2D eigenvalue weighted by Gasteiger charge is -2.10. The molecule has 1 aliphatic heterocycles. The first-order valence-corrected chi connectivity index (χ1v) is 9.18. The smallest absolute Gasteiger partial charge is 0.416 e. The standard InChI is InChI=1S/C21H20F3NO4/c22-21(23,24)16-4-1-3-14(11-16)13-25-20(27)8-6-17(26)15-5-7-18-19(12-15)29-10-2-9-28-18/h1,3-5,7,11-12H,2,6,8-10,13H2,(H,25,27). The van der Waals surface area contributed by atoms with Gasteiger partial charge in [-0.1, -0.05) is 12.1 Å². The number of Topliss-reactive ketones (excluding diaryl/α,β-unsaturated/α-hetero) is 1. The number of alkyl halides is 3. The van der Waals surface area contributed by atoms with Crippen LogP contribution in [-0.4, -0.2) is 24.9 Å². The summed E-state index contributed by atoms with van der Waals surface area (Å²) in [4.78, 5) is 24.3.